The first-order chi connectivity index (χ1) is 15.8. The Bertz CT molecular complexity index is 1070. The third-order valence-corrected chi connectivity index (χ3v) is 5.46. The van der Waals surface area contributed by atoms with E-state index < -0.39 is 0 Å². The molecule has 1 amide bonds. The van der Waals surface area contributed by atoms with Crippen LogP contribution >= 0.6 is 0 Å². The molecule has 0 aliphatic rings. The summed E-state index contributed by atoms with van der Waals surface area (Å²) in [5.74, 6) is 1.20. The number of carbonyl (C=O) groups is 1. The van der Waals surface area contributed by atoms with Crippen LogP contribution in [0.1, 0.15) is 59.9 Å². The molecule has 1 N–H and O–H groups in total. The normalized spacial score (nSPS) is 12.0. The van der Waals surface area contributed by atoms with E-state index in [1.54, 1.807) is 20.4 Å². The highest BCUT2D eigenvalue weighted by atomic mass is 16.5. The van der Waals surface area contributed by atoms with Crippen LogP contribution in [0.2, 0.25) is 0 Å². The minimum absolute atomic E-state index is 0.119. The lowest BCUT2D eigenvalue weighted by atomic mass is 10.0. The first-order valence-corrected chi connectivity index (χ1v) is 11.1. The average molecular weight is 452 g/mol. The van der Waals surface area contributed by atoms with Gasteiger partial charge in [0, 0.05) is 7.11 Å². The molecule has 0 saturated carbocycles. The molecule has 1 atom stereocenters. The third-order valence-electron chi connectivity index (χ3n) is 5.46. The predicted molar refractivity (Wildman–Crippen MR) is 129 cm³/mol. The van der Waals surface area contributed by atoms with Crippen molar-refractivity contribution in [2.24, 2.45) is 0 Å². The molecule has 0 bridgehead atoms. The highest BCUT2D eigenvalue weighted by molar-refractivity contribution is 5.95. The molecule has 3 rings (SSSR count). The second-order valence-corrected chi connectivity index (χ2v) is 8.29. The van der Waals surface area contributed by atoms with Crippen molar-refractivity contribution in [1.82, 2.24) is 15.1 Å². The number of benzene rings is 2. The molecule has 33 heavy (non-hydrogen) atoms. The summed E-state index contributed by atoms with van der Waals surface area (Å²) in [5.41, 5.74) is 4.47. The molecule has 0 radical (unpaired) electrons. The van der Waals surface area contributed by atoms with Crippen molar-refractivity contribution in [1.29, 1.82) is 0 Å². The summed E-state index contributed by atoms with van der Waals surface area (Å²) in [6.45, 7) is 9.04. The Kier molecular flexibility index (Phi) is 8.11. The molecule has 0 aliphatic carbocycles. The Hall–Kier alpha value is -3.32. The summed E-state index contributed by atoms with van der Waals surface area (Å²) in [6.07, 6.45) is 1.64. The Balaban J connectivity index is 1.80. The van der Waals surface area contributed by atoms with Gasteiger partial charge in [0.2, 0.25) is 0 Å². The summed E-state index contributed by atoms with van der Waals surface area (Å²) in [6, 6.07) is 13.5. The average Bonchev–Trinajstić information content (AvgIpc) is 3.25. The van der Waals surface area contributed by atoms with Gasteiger partial charge in [0.05, 0.1) is 42.9 Å². The number of amides is 1. The van der Waals surface area contributed by atoms with Gasteiger partial charge in [-0.25, -0.2) is 4.68 Å². The van der Waals surface area contributed by atoms with Gasteiger partial charge in [0.25, 0.3) is 5.91 Å². The minimum atomic E-state index is -0.234. The molecule has 0 spiro atoms. The first kappa shape index (κ1) is 24.3. The van der Waals surface area contributed by atoms with Gasteiger partial charge >= 0.3 is 0 Å². The number of hydrogen-bond acceptors (Lipinski definition) is 5. The van der Waals surface area contributed by atoms with Crippen molar-refractivity contribution in [2.45, 2.75) is 39.7 Å². The molecule has 1 heterocycles. The second-order valence-electron chi connectivity index (χ2n) is 8.29. The maximum Gasteiger partial charge on any atom is 0.255 e. The monoisotopic (exact) mass is 451 g/mol. The predicted octanol–water partition coefficient (Wildman–Crippen LogP) is 4.83. The van der Waals surface area contributed by atoms with Gasteiger partial charge in [-0.15, -0.1) is 0 Å². The number of ether oxygens (including phenoxy) is 3. The lowest BCUT2D eigenvalue weighted by Crippen LogP contribution is -2.27. The van der Waals surface area contributed by atoms with Crippen LogP contribution in [-0.4, -0.2) is 43.1 Å². The van der Waals surface area contributed by atoms with E-state index in [0.29, 0.717) is 30.3 Å². The third kappa shape index (κ3) is 5.73. The van der Waals surface area contributed by atoms with Gasteiger partial charge in [-0.1, -0.05) is 37.6 Å². The maximum atomic E-state index is 13.2. The Morgan fingerprint density at radius 3 is 2.39 bits per heavy atom. The Morgan fingerprint density at radius 2 is 1.76 bits per heavy atom. The molecular formula is C26H33N3O4. The summed E-state index contributed by atoms with van der Waals surface area (Å²) >= 11 is 0. The van der Waals surface area contributed by atoms with Crippen molar-refractivity contribution >= 4 is 5.91 Å². The maximum absolute atomic E-state index is 13.2. The van der Waals surface area contributed by atoms with Crippen molar-refractivity contribution < 1.29 is 19.0 Å². The van der Waals surface area contributed by atoms with Gasteiger partial charge in [-0.2, -0.15) is 5.10 Å². The van der Waals surface area contributed by atoms with Crippen LogP contribution in [0.3, 0.4) is 0 Å². The van der Waals surface area contributed by atoms with Gasteiger partial charge in [0.1, 0.15) is 6.61 Å². The topological polar surface area (TPSA) is 74.6 Å². The quantitative estimate of drug-likeness (QED) is 0.447. The van der Waals surface area contributed by atoms with Crippen LogP contribution in [0.5, 0.6) is 11.5 Å². The molecule has 0 fully saturated rings. The van der Waals surface area contributed by atoms with E-state index >= 15 is 0 Å². The standard InChI is InChI=1S/C26H33N3O4/c1-17(2)25-22(16-27-29(25)21-10-7-18(3)8-11-21)26(30)28-19(4)20-9-12-23(24(15-20)32-6)33-14-13-31-5/h7-12,15-17,19H,13-14H2,1-6H3,(H,28,30). The molecule has 7 heteroatoms. The van der Waals surface area contributed by atoms with Crippen molar-refractivity contribution in [2.75, 3.05) is 27.4 Å². The van der Waals surface area contributed by atoms with E-state index in [-0.39, 0.29) is 17.9 Å². The van der Waals surface area contributed by atoms with Crippen LogP contribution in [-0.2, 0) is 4.74 Å². The van der Waals surface area contributed by atoms with Crippen LogP contribution in [0.4, 0.5) is 0 Å². The van der Waals surface area contributed by atoms with Crippen LogP contribution < -0.4 is 14.8 Å². The number of aryl methyl sites for hydroxylation is 1. The second kappa shape index (κ2) is 11.0. The Morgan fingerprint density at radius 1 is 1.03 bits per heavy atom. The zero-order valence-corrected chi connectivity index (χ0v) is 20.2. The van der Waals surface area contributed by atoms with E-state index in [4.69, 9.17) is 14.2 Å². The summed E-state index contributed by atoms with van der Waals surface area (Å²) < 4.78 is 18.0. The fourth-order valence-electron chi connectivity index (χ4n) is 3.65. The van der Waals surface area contributed by atoms with E-state index in [9.17, 15) is 4.79 Å². The molecule has 7 nitrogen and oxygen atoms in total. The molecule has 2 aromatic carbocycles. The zero-order chi connectivity index (χ0) is 24.0. The molecular weight excluding hydrogens is 418 g/mol. The van der Waals surface area contributed by atoms with E-state index in [1.165, 1.54) is 5.56 Å². The number of methoxy groups -OCH3 is 2. The fraction of sp³-hybridized carbons (Fsp3) is 0.385. The molecule has 3 aromatic rings. The van der Waals surface area contributed by atoms with Gasteiger partial charge in [-0.3, -0.25) is 4.79 Å². The van der Waals surface area contributed by atoms with Crippen LogP contribution in [0.25, 0.3) is 5.69 Å². The smallest absolute Gasteiger partial charge is 0.255 e. The van der Waals surface area contributed by atoms with Crippen LogP contribution in [0, 0.1) is 6.92 Å². The highest BCUT2D eigenvalue weighted by Gasteiger charge is 2.22. The lowest BCUT2D eigenvalue weighted by molar-refractivity contribution is 0.0938. The van der Waals surface area contributed by atoms with Crippen molar-refractivity contribution in [3.63, 3.8) is 0 Å². The van der Waals surface area contributed by atoms with Crippen molar-refractivity contribution in [3.8, 4) is 17.2 Å². The van der Waals surface area contributed by atoms with E-state index in [0.717, 1.165) is 16.9 Å². The zero-order valence-electron chi connectivity index (χ0n) is 20.2. The highest BCUT2D eigenvalue weighted by Crippen LogP contribution is 2.31. The number of hydrogen-bond donors (Lipinski definition) is 1. The van der Waals surface area contributed by atoms with Gasteiger partial charge in [0.15, 0.2) is 11.5 Å². The molecule has 1 aromatic heterocycles. The van der Waals surface area contributed by atoms with Gasteiger partial charge < -0.3 is 19.5 Å². The SMILES string of the molecule is COCCOc1ccc(C(C)NC(=O)c2cnn(-c3ccc(C)cc3)c2C(C)C)cc1OC. The molecule has 176 valence electrons. The number of aromatic nitrogens is 2. The molecule has 1 unspecified atom stereocenters. The summed E-state index contributed by atoms with van der Waals surface area (Å²) in [7, 11) is 3.23. The Labute approximate surface area is 195 Å². The number of carbonyl (C=O) groups excluding carboxylic acids is 1. The number of nitrogens with one attached hydrogen (secondary N) is 1. The van der Waals surface area contributed by atoms with E-state index in [1.807, 2.05) is 61.0 Å². The molecule has 0 aliphatic heterocycles. The summed E-state index contributed by atoms with van der Waals surface area (Å²) in [4.78, 5) is 13.2. The van der Waals surface area contributed by atoms with Crippen LogP contribution in [0.15, 0.2) is 48.7 Å². The van der Waals surface area contributed by atoms with Gasteiger partial charge in [-0.05, 0) is 49.6 Å². The fourth-order valence-corrected chi connectivity index (χ4v) is 3.65. The van der Waals surface area contributed by atoms with E-state index in [2.05, 4.69) is 24.3 Å². The molecule has 0 saturated heterocycles. The minimum Gasteiger partial charge on any atom is -0.493 e. The first-order valence-electron chi connectivity index (χ1n) is 11.1. The number of nitrogens with zero attached hydrogens (tertiary/aromatic N) is 2. The van der Waals surface area contributed by atoms with Crippen molar-refractivity contribution in [3.05, 3.63) is 71.0 Å². The lowest BCUT2D eigenvalue weighted by Gasteiger charge is -2.18. The summed E-state index contributed by atoms with van der Waals surface area (Å²) in [5, 5.41) is 7.62. The number of rotatable bonds is 10. The largest absolute Gasteiger partial charge is 0.493 e.